The molecule has 0 bridgehead atoms. The van der Waals surface area contributed by atoms with E-state index in [1.165, 1.54) is 36.9 Å². The Morgan fingerprint density at radius 2 is 1.92 bits per heavy atom. The fraction of sp³-hybridized carbons (Fsp3) is 0.375. The maximum atomic E-state index is 12.8. The van der Waals surface area contributed by atoms with E-state index in [-0.39, 0.29) is 12.4 Å². The summed E-state index contributed by atoms with van der Waals surface area (Å²) in [5.41, 5.74) is -1.63. The van der Waals surface area contributed by atoms with Gasteiger partial charge >= 0.3 is 11.9 Å². The summed E-state index contributed by atoms with van der Waals surface area (Å²) in [5, 5.41) is 2.89. The number of alkyl halides is 3. The Bertz CT molecular complexity index is 856. The van der Waals surface area contributed by atoms with Crippen molar-refractivity contribution in [1.29, 1.82) is 0 Å². The SMILES string of the molecule is COCCNc1cc(=O)n(C)c(=O)n1Cc1cccc(C(F)(F)F)c1. The molecule has 0 aliphatic carbocycles. The fourth-order valence-corrected chi connectivity index (χ4v) is 2.28. The second-order valence-corrected chi connectivity index (χ2v) is 5.41. The van der Waals surface area contributed by atoms with Gasteiger partial charge in [-0.25, -0.2) is 4.79 Å². The first-order valence-corrected chi connectivity index (χ1v) is 7.44. The van der Waals surface area contributed by atoms with Gasteiger partial charge in [-0.1, -0.05) is 12.1 Å². The number of nitrogens with one attached hydrogen (secondary N) is 1. The normalized spacial score (nSPS) is 11.6. The number of hydrogen-bond donors (Lipinski definition) is 1. The summed E-state index contributed by atoms with van der Waals surface area (Å²) in [6.07, 6.45) is -4.47. The molecule has 6 nitrogen and oxygen atoms in total. The first kappa shape index (κ1) is 18.8. The van der Waals surface area contributed by atoms with Crippen LogP contribution in [0, 0.1) is 0 Å². The molecule has 0 spiro atoms. The van der Waals surface area contributed by atoms with E-state index < -0.39 is 23.0 Å². The van der Waals surface area contributed by atoms with Crippen LogP contribution < -0.4 is 16.6 Å². The van der Waals surface area contributed by atoms with Crippen LogP contribution in [0.5, 0.6) is 0 Å². The van der Waals surface area contributed by atoms with Crippen LogP contribution in [0.1, 0.15) is 11.1 Å². The molecule has 25 heavy (non-hydrogen) atoms. The maximum absolute atomic E-state index is 12.8. The second-order valence-electron chi connectivity index (χ2n) is 5.41. The highest BCUT2D eigenvalue weighted by Crippen LogP contribution is 2.29. The summed E-state index contributed by atoms with van der Waals surface area (Å²) in [4.78, 5) is 24.2. The smallest absolute Gasteiger partial charge is 0.383 e. The van der Waals surface area contributed by atoms with Gasteiger partial charge in [-0.3, -0.25) is 13.9 Å². The zero-order valence-electron chi connectivity index (χ0n) is 13.8. The van der Waals surface area contributed by atoms with E-state index in [1.54, 1.807) is 0 Å². The molecule has 1 aromatic heterocycles. The number of methoxy groups -OCH3 is 1. The topological polar surface area (TPSA) is 65.3 Å². The number of nitrogens with zero attached hydrogens (tertiary/aromatic N) is 2. The molecule has 1 N–H and O–H groups in total. The number of aromatic nitrogens is 2. The van der Waals surface area contributed by atoms with Gasteiger partial charge in [-0.2, -0.15) is 13.2 Å². The molecule has 0 atom stereocenters. The molecule has 2 aromatic rings. The number of anilines is 1. The van der Waals surface area contributed by atoms with Crippen LogP contribution in [0.3, 0.4) is 0 Å². The third-order valence-corrected chi connectivity index (χ3v) is 3.61. The monoisotopic (exact) mass is 357 g/mol. The number of benzene rings is 1. The summed E-state index contributed by atoms with van der Waals surface area (Å²) >= 11 is 0. The van der Waals surface area contributed by atoms with Gasteiger partial charge in [0.05, 0.1) is 18.7 Å². The molecule has 9 heteroatoms. The summed E-state index contributed by atoms with van der Waals surface area (Å²) in [6.45, 7) is 0.574. The Balaban J connectivity index is 2.43. The largest absolute Gasteiger partial charge is 0.416 e. The van der Waals surface area contributed by atoms with Crippen LogP contribution in [0.25, 0.3) is 0 Å². The lowest BCUT2D eigenvalue weighted by Crippen LogP contribution is -2.39. The minimum atomic E-state index is -4.47. The van der Waals surface area contributed by atoms with E-state index >= 15 is 0 Å². The first-order valence-electron chi connectivity index (χ1n) is 7.44. The molecule has 0 fully saturated rings. The molecular weight excluding hydrogens is 339 g/mol. The lowest BCUT2D eigenvalue weighted by atomic mass is 10.1. The van der Waals surface area contributed by atoms with Gasteiger partial charge in [0.1, 0.15) is 5.82 Å². The standard InChI is InChI=1S/C16H18F3N3O3/c1-21-14(23)9-13(20-6-7-25-2)22(15(21)24)10-11-4-3-5-12(8-11)16(17,18)19/h3-5,8-9,20H,6-7,10H2,1-2H3. The summed E-state index contributed by atoms with van der Waals surface area (Å²) in [7, 11) is 2.81. The minimum Gasteiger partial charge on any atom is -0.383 e. The van der Waals surface area contributed by atoms with Crippen molar-refractivity contribution in [3.8, 4) is 0 Å². The molecular formula is C16H18F3N3O3. The van der Waals surface area contributed by atoms with Crippen molar-refractivity contribution >= 4 is 5.82 Å². The molecule has 136 valence electrons. The van der Waals surface area contributed by atoms with E-state index in [4.69, 9.17) is 4.74 Å². The van der Waals surface area contributed by atoms with E-state index in [2.05, 4.69) is 5.32 Å². The Kier molecular flexibility index (Phi) is 5.68. The predicted molar refractivity (Wildman–Crippen MR) is 86.9 cm³/mol. The van der Waals surface area contributed by atoms with Crippen LogP contribution in [0.2, 0.25) is 0 Å². The third-order valence-electron chi connectivity index (χ3n) is 3.61. The minimum absolute atomic E-state index is 0.105. The van der Waals surface area contributed by atoms with Gasteiger partial charge < -0.3 is 10.1 Å². The summed E-state index contributed by atoms with van der Waals surface area (Å²) < 4.78 is 45.6. The summed E-state index contributed by atoms with van der Waals surface area (Å²) in [6, 6.07) is 5.95. The lowest BCUT2D eigenvalue weighted by Gasteiger charge is -2.16. The number of ether oxygens (including phenoxy) is 1. The number of halogens is 3. The van der Waals surface area contributed by atoms with Gasteiger partial charge in [0.2, 0.25) is 0 Å². The average molecular weight is 357 g/mol. The van der Waals surface area contributed by atoms with Crippen molar-refractivity contribution < 1.29 is 17.9 Å². The highest BCUT2D eigenvalue weighted by atomic mass is 19.4. The molecule has 0 radical (unpaired) electrons. The summed E-state index contributed by atoms with van der Waals surface area (Å²) in [5.74, 6) is 0.225. The molecule has 1 heterocycles. The van der Waals surface area contributed by atoms with E-state index in [0.29, 0.717) is 18.7 Å². The van der Waals surface area contributed by atoms with Gasteiger partial charge in [-0.05, 0) is 17.7 Å². The second kappa shape index (κ2) is 7.56. The van der Waals surface area contributed by atoms with Crippen molar-refractivity contribution in [3.05, 3.63) is 62.3 Å². The van der Waals surface area contributed by atoms with Crippen LogP contribution in [-0.2, 0) is 24.5 Å². The van der Waals surface area contributed by atoms with Crippen molar-refractivity contribution in [2.75, 3.05) is 25.6 Å². The van der Waals surface area contributed by atoms with E-state index in [1.807, 2.05) is 0 Å². The fourth-order valence-electron chi connectivity index (χ4n) is 2.28. The van der Waals surface area contributed by atoms with Crippen LogP contribution in [0.15, 0.2) is 39.9 Å². The zero-order chi connectivity index (χ0) is 18.6. The van der Waals surface area contributed by atoms with Crippen LogP contribution in [0.4, 0.5) is 19.0 Å². The molecule has 0 unspecified atom stereocenters. The van der Waals surface area contributed by atoms with Crippen LogP contribution in [-0.4, -0.2) is 29.4 Å². The molecule has 0 aliphatic rings. The Morgan fingerprint density at radius 3 is 2.56 bits per heavy atom. The lowest BCUT2D eigenvalue weighted by molar-refractivity contribution is -0.137. The highest BCUT2D eigenvalue weighted by molar-refractivity contribution is 5.36. The molecule has 0 aliphatic heterocycles. The zero-order valence-corrected chi connectivity index (χ0v) is 13.8. The molecule has 1 aromatic carbocycles. The molecule has 0 saturated carbocycles. The van der Waals surface area contributed by atoms with Crippen molar-refractivity contribution in [2.24, 2.45) is 7.05 Å². The van der Waals surface area contributed by atoms with Gasteiger partial charge in [0, 0.05) is 26.8 Å². The van der Waals surface area contributed by atoms with Gasteiger partial charge in [0.25, 0.3) is 5.56 Å². The van der Waals surface area contributed by atoms with Gasteiger partial charge in [-0.15, -0.1) is 0 Å². The number of rotatable bonds is 6. The molecule has 0 saturated heterocycles. The number of hydrogen-bond acceptors (Lipinski definition) is 4. The first-order chi connectivity index (χ1) is 11.7. The van der Waals surface area contributed by atoms with Crippen LogP contribution >= 0.6 is 0 Å². The Labute approximate surface area is 141 Å². The molecule has 2 rings (SSSR count). The molecule has 0 amide bonds. The van der Waals surface area contributed by atoms with Crippen molar-refractivity contribution in [3.63, 3.8) is 0 Å². The predicted octanol–water partition coefficient (Wildman–Crippen LogP) is 1.67. The Hall–Kier alpha value is -2.55. The van der Waals surface area contributed by atoms with E-state index in [0.717, 1.165) is 16.7 Å². The van der Waals surface area contributed by atoms with Gasteiger partial charge in [0.15, 0.2) is 0 Å². The maximum Gasteiger partial charge on any atom is 0.416 e. The van der Waals surface area contributed by atoms with Crippen molar-refractivity contribution in [2.45, 2.75) is 12.7 Å². The highest BCUT2D eigenvalue weighted by Gasteiger charge is 2.30. The van der Waals surface area contributed by atoms with E-state index in [9.17, 15) is 22.8 Å². The third kappa shape index (κ3) is 4.50. The van der Waals surface area contributed by atoms with Crippen molar-refractivity contribution in [1.82, 2.24) is 9.13 Å². The average Bonchev–Trinajstić information content (AvgIpc) is 2.56. The Morgan fingerprint density at radius 1 is 1.20 bits per heavy atom. The quantitative estimate of drug-likeness (QED) is 0.799.